The Kier molecular flexibility index (Phi) is 6.12. The van der Waals surface area contributed by atoms with Gasteiger partial charge < -0.3 is 4.90 Å². The van der Waals surface area contributed by atoms with Crippen molar-refractivity contribution in [3.63, 3.8) is 0 Å². The zero-order valence-electron chi connectivity index (χ0n) is 15.4. The number of rotatable bonds is 4. The zero-order valence-corrected chi connectivity index (χ0v) is 16.2. The predicted molar refractivity (Wildman–Crippen MR) is 96.5 cm³/mol. The van der Waals surface area contributed by atoms with E-state index in [0.717, 1.165) is 42.4 Å². The number of halogens is 2. The molecule has 2 heterocycles. The van der Waals surface area contributed by atoms with Crippen LogP contribution in [0, 0.1) is 17.6 Å². The minimum Gasteiger partial charge on any atom is -0.341 e. The van der Waals surface area contributed by atoms with Gasteiger partial charge in [0.05, 0.1) is 6.54 Å². The van der Waals surface area contributed by atoms with Gasteiger partial charge in [-0.15, -0.1) is 0 Å². The largest absolute Gasteiger partial charge is 0.341 e. The molecule has 27 heavy (non-hydrogen) atoms. The molecular formula is C18H25F2N3O3S. The van der Waals surface area contributed by atoms with Gasteiger partial charge in [0.1, 0.15) is 16.5 Å². The van der Waals surface area contributed by atoms with Crippen molar-refractivity contribution in [2.75, 3.05) is 45.8 Å². The summed E-state index contributed by atoms with van der Waals surface area (Å²) in [5, 5.41) is 0. The van der Waals surface area contributed by atoms with Gasteiger partial charge in [-0.05, 0) is 37.0 Å². The Balaban J connectivity index is 1.58. The lowest BCUT2D eigenvalue weighted by Crippen LogP contribution is -2.52. The molecule has 2 aliphatic rings. The number of piperidine rings is 1. The molecule has 1 amide bonds. The molecule has 9 heteroatoms. The second kappa shape index (κ2) is 8.20. The summed E-state index contributed by atoms with van der Waals surface area (Å²) >= 11 is 0. The van der Waals surface area contributed by atoms with E-state index in [9.17, 15) is 22.0 Å². The molecular weight excluding hydrogens is 376 g/mol. The number of benzene rings is 1. The monoisotopic (exact) mass is 401 g/mol. The van der Waals surface area contributed by atoms with Crippen molar-refractivity contribution >= 4 is 15.9 Å². The van der Waals surface area contributed by atoms with Gasteiger partial charge in [-0.2, -0.15) is 4.31 Å². The highest BCUT2D eigenvalue weighted by Crippen LogP contribution is 2.22. The SMILES string of the molecule is C[C@H]1CCCN(C(=O)CN2CCN(S(=O)(=O)c3cc(F)ccc3F)CC2)C1. The molecule has 1 atom stereocenters. The lowest BCUT2D eigenvalue weighted by molar-refractivity contribution is -0.134. The lowest BCUT2D eigenvalue weighted by atomic mass is 10.0. The quantitative estimate of drug-likeness (QED) is 0.768. The summed E-state index contributed by atoms with van der Waals surface area (Å²) in [6.07, 6.45) is 2.15. The van der Waals surface area contributed by atoms with Gasteiger partial charge in [-0.1, -0.05) is 6.92 Å². The normalized spacial score (nSPS) is 22.8. The van der Waals surface area contributed by atoms with Crippen LogP contribution in [-0.2, 0) is 14.8 Å². The van der Waals surface area contributed by atoms with Crippen molar-refractivity contribution in [2.24, 2.45) is 5.92 Å². The third-order valence-corrected chi connectivity index (χ3v) is 7.12. The van der Waals surface area contributed by atoms with Gasteiger partial charge in [0.15, 0.2) is 0 Å². The molecule has 0 N–H and O–H groups in total. The van der Waals surface area contributed by atoms with Crippen LogP contribution < -0.4 is 0 Å². The van der Waals surface area contributed by atoms with Gasteiger partial charge in [-0.3, -0.25) is 9.69 Å². The van der Waals surface area contributed by atoms with E-state index in [0.29, 0.717) is 25.1 Å². The van der Waals surface area contributed by atoms with Crippen LogP contribution in [0.15, 0.2) is 23.1 Å². The first-order chi connectivity index (χ1) is 12.8. The number of amides is 1. The summed E-state index contributed by atoms with van der Waals surface area (Å²) in [7, 11) is -4.10. The van der Waals surface area contributed by atoms with Crippen LogP contribution in [0.3, 0.4) is 0 Å². The first-order valence-corrected chi connectivity index (χ1v) is 10.7. The maximum atomic E-state index is 13.9. The van der Waals surface area contributed by atoms with E-state index in [-0.39, 0.29) is 25.5 Å². The van der Waals surface area contributed by atoms with Gasteiger partial charge in [0.25, 0.3) is 0 Å². The van der Waals surface area contributed by atoms with Crippen molar-refractivity contribution < 1.29 is 22.0 Å². The molecule has 0 radical (unpaired) electrons. The minimum atomic E-state index is -4.10. The number of carbonyl (C=O) groups excluding carboxylic acids is 1. The third-order valence-electron chi connectivity index (χ3n) is 5.21. The molecule has 0 aromatic heterocycles. The Morgan fingerprint density at radius 1 is 1.15 bits per heavy atom. The number of hydrogen-bond donors (Lipinski definition) is 0. The van der Waals surface area contributed by atoms with E-state index in [1.807, 2.05) is 9.80 Å². The molecule has 0 unspecified atom stereocenters. The number of carbonyl (C=O) groups is 1. The van der Waals surface area contributed by atoms with E-state index in [1.165, 1.54) is 0 Å². The van der Waals surface area contributed by atoms with E-state index >= 15 is 0 Å². The molecule has 2 saturated heterocycles. The predicted octanol–water partition coefficient (Wildman–Crippen LogP) is 1.53. The standard InChI is InChI=1S/C18H25F2N3O3S/c1-14-3-2-6-22(12-14)18(24)13-21-7-9-23(10-8-21)27(25,26)17-11-15(19)4-5-16(17)20/h4-5,11,14H,2-3,6-10,12-13H2,1H3/t14-/m0/s1. The van der Waals surface area contributed by atoms with Crippen LogP contribution in [0.5, 0.6) is 0 Å². The van der Waals surface area contributed by atoms with E-state index < -0.39 is 26.6 Å². The van der Waals surface area contributed by atoms with Crippen molar-refractivity contribution in [1.29, 1.82) is 0 Å². The number of hydrogen-bond acceptors (Lipinski definition) is 4. The second-order valence-electron chi connectivity index (χ2n) is 7.34. The van der Waals surface area contributed by atoms with Crippen molar-refractivity contribution in [3.05, 3.63) is 29.8 Å². The Hall–Kier alpha value is -1.58. The average Bonchev–Trinajstić information content (AvgIpc) is 2.64. The van der Waals surface area contributed by atoms with Gasteiger partial charge in [0.2, 0.25) is 15.9 Å². The van der Waals surface area contributed by atoms with Crippen LogP contribution in [-0.4, -0.2) is 74.2 Å². The van der Waals surface area contributed by atoms with Crippen molar-refractivity contribution in [1.82, 2.24) is 14.1 Å². The summed E-state index contributed by atoms with van der Waals surface area (Å²) in [5.74, 6) is -1.19. The molecule has 2 aliphatic heterocycles. The van der Waals surface area contributed by atoms with Gasteiger partial charge in [0, 0.05) is 39.3 Å². The number of likely N-dealkylation sites (tertiary alicyclic amines) is 1. The van der Waals surface area contributed by atoms with Crippen LogP contribution in [0.1, 0.15) is 19.8 Å². The molecule has 1 aromatic rings. The van der Waals surface area contributed by atoms with E-state index in [2.05, 4.69) is 6.92 Å². The zero-order chi connectivity index (χ0) is 19.6. The van der Waals surface area contributed by atoms with Crippen molar-refractivity contribution in [2.45, 2.75) is 24.7 Å². The summed E-state index contributed by atoms with van der Waals surface area (Å²) < 4.78 is 53.6. The summed E-state index contributed by atoms with van der Waals surface area (Å²) in [5.41, 5.74) is 0. The lowest BCUT2D eigenvalue weighted by Gasteiger charge is -2.36. The smallest absolute Gasteiger partial charge is 0.246 e. The molecule has 0 aliphatic carbocycles. The molecule has 1 aromatic carbocycles. The van der Waals surface area contributed by atoms with Crippen LogP contribution >= 0.6 is 0 Å². The molecule has 0 bridgehead atoms. The minimum absolute atomic E-state index is 0.0639. The van der Waals surface area contributed by atoms with Crippen LogP contribution in [0.25, 0.3) is 0 Å². The maximum absolute atomic E-state index is 13.9. The number of piperazine rings is 1. The highest BCUT2D eigenvalue weighted by Gasteiger charge is 2.32. The summed E-state index contributed by atoms with van der Waals surface area (Å²) in [6.45, 7) is 4.98. The van der Waals surface area contributed by atoms with Gasteiger partial charge >= 0.3 is 0 Å². The maximum Gasteiger partial charge on any atom is 0.246 e. The fourth-order valence-electron chi connectivity index (χ4n) is 3.65. The summed E-state index contributed by atoms with van der Waals surface area (Å²) in [6, 6.07) is 2.41. The highest BCUT2D eigenvalue weighted by atomic mass is 32.2. The molecule has 2 fully saturated rings. The summed E-state index contributed by atoms with van der Waals surface area (Å²) in [4.78, 5) is 15.6. The van der Waals surface area contributed by atoms with Gasteiger partial charge in [-0.25, -0.2) is 17.2 Å². The Morgan fingerprint density at radius 3 is 2.52 bits per heavy atom. The van der Waals surface area contributed by atoms with Crippen molar-refractivity contribution in [3.8, 4) is 0 Å². The fourth-order valence-corrected chi connectivity index (χ4v) is 5.15. The van der Waals surface area contributed by atoms with Crippen LogP contribution in [0.4, 0.5) is 8.78 Å². The average molecular weight is 401 g/mol. The first kappa shape index (κ1) is 20.2. The fraction of sp³-hybridized carbons (Fsp3) is 0.611. The molecule has 0 spiro atoms. The Labute approximate surface area is 158 Å². The van der Waals surface area contributed by atoms with E-state index in [4.69, 9.17) is 0 Å². The second-order valence-corrected chi connectivity index (χ2v) is 9.25. The number of nitrogens with zero attached hydrogens (tertiary/aromatic N) is 3. The third kappa shape index (κ3) is 4.64. The highest BCUT2D eigenvalue weighted by molar-refractivity contribution is 7.89. The molecule has 0 saturated carbocycles. The topological polar surface area (TPSA) is 60.9 Å². The first-order valence-electron chi connectivity index (χ1n) is 9.22. The number of sulfonamides is 1. The molecule has 6 nitrogen and oxygen atoms in total. The molecule has 3 rings (SSSR count). The Morgan fingerprint density at radius 2 is 1.85 bits per heavy atom. The Bertz CT molecular complexity index is 795. The molecule has 150 valence electrons. The van der Waals surface area contributed by atoms with E-state index in [1.54, 1.807) is 0 Å². The van der Waals surface area contributed by atoms with Crippen LogP contribution in [0.2, 0.25) is 0 Å².